The number of piperidine rings is 1. The fourth-order valence-electron chi connectivity index (χ4n) is 4.09. The van der Waals surface area contributed by atoms with E-state index >= 15 is 0 Å². The quantitative estimate of drug-likeness (QED) is 0.534. The van der Waals surface area contributed by atoms with Crippen LogP contribution in [0.25, 0.3) is 0 Å². The van der Waals surface area contributed by atoms with Crippen molar-refractivity contribution in [3.63, 3.8) is 0 Å². The highest BCUT2D eigenvalue weighted by atomic mass is 32.1. The minimum atomic E-state index is 0.763. The Balaban J connectivity index is 1.16. The molecule has 2 aromatic heterocycles. The van der Waals surface area contributed by atoms with Gasteiger partial charge in [-0.15, -0.1) is 0 Å². The number of aromatic nitrogens is 4. The van der Waals surface area contributed by atoms with E-state index in [9.17, 15) is 0 Å². The van der Waals surface area contributed by atoms with Crippen LogP contribution in [0.1, 0.15) is 49.4 Å². The molecule has 0 bridgehead atoms. The van der Waals surface area contributed by atoms with Crippen LogP contribution in [0, 0.1) is 5.92 Å². The standard InChI is InChI=1S/C21H31N7S/c1-2-16-12-24-21(25-13-16)27-9-5-17(6-10-27)4-3-8-22-20-23-14-18-15-28(29)11-7-19(18)26-20/h12-14,17,29H,2-11,15H2,1H3,(H,22,23,26). The molecule has 29 heavy (non-hydrogen) atoms. The number of anilines is 2. The summed E-state index contributed by atoms with van der Waals surface area (Å²) in [6.07, 6.45) is 12.6. The summed E-state index contributed by atoms with van der Waals surface area (Å²) in [5.74, 6) is 2.43. The summed E-state index contributed by atoms with van der Waals surface area (Å²) in [5.41, 5.74) is 3.55. The van der Waals surface area contributed by atoms with Gasteiger partial charge in [-0.2, -0.15) is 0 Å². The molecule has 0 atom stereocenters. The summed E-state index contributed by atoms with van der Waals surface area (Å²) >= 11 is 4.42. The summed E-state index contributed by atoms with van der Waals surface area (Å²) in [4.78, 5) is 20.5. The van der Waals surface area contributed by atoms with E-state index in [1.165, 1.54) is 30.4 Å². The minimum absolute atomic E-state index is 0.763. The fraction of sp³-hybridized carbons (Fsp3) is 0.619. The molecule has 2 aromatic rings. The first-order chi connectivity index (χ1) is 14.2. The molecule has 7 nitrogen and oxygen atoms in total. The van der Waals surface area contributed by atoms with Crippen molar-refractivity contribution in [3.8, 4) is 0 Å². The van der Waals surface area contributed by atoms with E-state index in [1.54, 1.807) is 0 Å². The van der Waals surface area contributed by atoms with Crippen LogP contribution in [0.3, 0.4) is 0 Å². The number of rotatable bonds is 7. The van der Waals surface area contributed by atoms with Crippen molar-refractivity contribution in [3.05, 3.63) is 35.4 Å². The van der Waals surface area contributed by atoms with Crippen molar-refractivity contribution in [2.45, 2.75) is 52.0 Å². The van der Waals surface area contributed by atoms with Crippen LogP contribution < -0.4 is 10.2 Å². The van der Waals surface area contributed by atoms with Gasteiger partial charge >= 0.3 is 0 Å². The predicted molar refractivity (Wildman–Crippen MR) is 119 cm³/mol. The normalized spacial score (nSPS) is 17.9. The van der Waals surface area contributed by atoms with Crippen LogP contribution in [0.5, 0.6) is 0 Å². The first-order valence-corrected chi connectivity index (χ1v) is 11.2. The number of thiol groups is 1. The maximum absolute atomic E-state index is 4.68. The summed E-state index contributed by atoms with van der Waals surface area (Å²) in [6, 6.07) is 0. The Morgan fingerprint density at radius 3 is 2.66 bits per heavy atom. The van der Waals surface area contributed by atoms with Gasteiger partial charge in [0.05, 0.1) is 5.69 Å². The maximum atomic E-state index is 4.68. The van der Waals surface area contributed by atoms with Crippen LogP contribution in [0.4, 0.5) is 11.9 Å². The lowest BCUT2D eigenvalue weighted by molar-refractivity contribution is 0.373. The Morgan fingerprint density at radius 2 is 1.90 bits per heavy atom. The molecular weight excluding hydrogens is 382 g/mol. The molecule has 1 saturated heterocycles. The van der Waals surface area contributed by atoms with Gasteiger partial charge in [-0.05, 0) is 43.6 Å². The molecule has 1 fully saturated rings. The Hall–Kier alpha value is -1.93. The SMILES string of the molecule is CCc1cnc(N2CCC(CCCNc3ncc4c(n3)CCN(S)C4)CC2)nc1. The zero-order valence-corrected chi connectivity index (χ0v) is 18.1. The van der Waals surface area contributed by atoms with Crippen molar-refractivity contribution in [2.75, 3.05) is 36.4 Å². The highest BCUT2D eigenvalue weighted by Gasteiger charge is 2.21. The molecule has 0 radical (unpaired) electrons. The molecule has 0 spiro atoms. The third kappa shape index (κ3) is 5.36. The van der Waals surface area contributed by atoms with Gasteiger partial charge in [0.2, 0.25) is 11.9 Å². The van der Waals surface area contributed by atoms with Gasteiger partial charge < -0.3 is 10.2 Å². The monoisotopic (exact) mass is 413 g/mol. The lowest BCUT2D eigenvalue weighted by Gasteiger charge is -2.32. The van der Waals surface area contributed by atoms with E-state index in [2.05, 4.69) is 49.9 Å². The molecule has 0 unspecified atom stereocenters. The van der Waals surface area contributed by atoms with Gasteiger partial charge in [0.15, 0.2) is 0 Å². The third-order valence-corrected chi connectivity index (χ3v) is 6.32. The fourth-order valence-corrected chi connectivity index (χ4v) is 4.35. The third-order valence-electron chi connectivity index (χ3n) is 5.98. The Kier molecular flexibility index (Phi) is 6.82. The zero-order valence-electron chi connectivity index (χ0n) is 17.2. The Bertz CT molecular complexity index is 790. The van der Waals surface area contributed by atoms with Crippen molar-refractivity contribution >= 4 is 24.7 Å². The van der Waals surface area contributed by atoms with E-state index in [4.69, 9.17) is 0 Å². The topological polar surface area (TPSA) is 70.1 Å². The molecule has 0 saturated carbocycles. The van der Waals surface area contributed by atoms with E-state index in [-0.39, 0.29) is 0 Å². The second-order valence-electron chi connectivity index (χ2n) is 8.05. The maximum Gasteiger partial charge on any atom is 0.225 e. The summed E-state index contributed by atoms with van der Waals surface area (Å²) in [7, 11) is 0. The first kappa shape index (κ1) is 20.3. The second-order valence-corrected chi connectivity index (χ2v) is 8.61. The highest BCUT2D eigenvalue weighted by molar-refractivity contribution is 7.77. The van der Waals surface area contributed by atoms with Crippen LogP contribution in [-0.2, 0) is 19.4 Å². The average Bonchev–Trinajstić information content (AvgIpc) is 2.77. The molecule has 2 aliphatic heterocycles. The van der Waals surface area contributed by atoms with Crippen molar-refractivity contribution in [1.82, 2.24) is 24.2 Å². The second kappa shape index (κ2) is 9.71. The summed E-state index contributed by atoms with van der Waals surface area (Å²) < 4.78 is 2.01. The molecule has 1 N–H and O–H groups in total. The average molecular weight is 414 g/mol. The summed E-state index contributed by atoms with van der Waals surface area (Å²) in [5, 5.41) is 3.41. The van der Waals surface area contributed by atoms with Crippen LogP contribution in [-0.4, -0.2) is 50.4 Å². The molecule has 0 aromatic carbocycles. The predicted octanol–water partition coefficient (Wildman–Crippen LogP) is 3.14. The molecule has 4 heterocycles. The Labute approximate surface area is 178 Å². The zero-order chi connectivity index (χ0) is 20.1. The molecule has 0 aliphatic carbocycles. The smallest absolute Gasteiger partial charge is 0.225 e. The Morgan fingerprint density at radius 1 is 1.10 bits per heavy atom. The number of nitrogens with one attached hydrogen (secondary N) is 1. The summed E-state index contributed by atoms with van der Waals surface area (Å²) in [6.45, 7) is 6.94. The van der Waals surface area contributed by atoms with Gasteiger partial charge in [0.25, 0.3) is 0 Å². The lowest BCUT2D eigenvalue weighted by Crippen LogP contribution is -2.35. The lowest BCUT2D eigenvalue weighted by atomic mass is 9.92. The van der Waals surface area contributed by atoms with Crippen LogP contribution in [0.15, 0.2) is 18.6 Å². The van der Waals surface area contributed by atoms with E-state index < -0.39 is 0 Å². The van der Waals surface area contributed by atoms with Crippen LogP contribution in [0.2, 0.25) is 0 Å². The van der Waals surface area contributed by atoms with Gasteiger partial charge in [-0.1, -0.05) is 19.7 Å². The molecule has 0 amide bonds. The minimum Gasteiger partial charge on any atom is -0.354 e. The van der Waals surface area contributed by atoms with Crippen molar-refractivity contribution in [2.24, 2.45) is 5.92 Å². The highest BCUT2D eigenvalue weighted by Crippen LogP contribution is 2.24. The molecule has 8 heteroatoms. The van der Waals surface area contributed by atoms with Crippen molar-refractivity contribution in [1.29, 1.82) is 0 Å². The van der Waals surface area contributed by atoms with Gasteiger partial charge in [-0.25, -0.2) is 24.2 Å². The molecular formula is C21H31N7S. The number of aryl methyl sites for hydroxylation is 1. The van der Waals surface area contributed by atoms with Crippen molar-refractivity contribution < 1.29 is 0 Å². The van der Waals surface area contributed by atoms with Crippen LogP contribution >= 0.6 is 12.8 Å². The van der Waals surface area contributed by atoms with E-state index in [1.807, 2.05) is 22.9 Å². The number of hydrogen-bond donors (Lipinski definition) is 2. The van der Waals surface area contributed by atoms with E-state index in [0.29, 0.717) is 0 Å². The molecule has 4 rings (SSSR count). The van der Waals surface area contributed by atoms with E-state index in [0.717, 1.165) is 75.5 Å². The number of nitrogens with zero attached hydrogens (tertiary/aromatic N) is 6. The first-order valence-electron chi connectivity index (χ1n) is 10.8. The number of hydrogen-bond acceptors (Lipinski definition) is 8. The molecule has 156 valence electrons. The van der Waals surface area contributed by atoms with Gasteiger partial charge in [-0.3, -0.25) is 0 Å². The largest absolute Gasteiger partial charge is 0.354 e. The van der Waals surface area contributed by atoms with Gasteiger partial charge in [0.1, 0.15) is 0 Å². The molecule has 2 aliphatic rings. The van der Waals surface area contributed by atoms with Gasteiger partial charge in [0, 0.05) is 63.3 Å². The number of fused-ring (bicyclic) bond motifs is 1.